The molecule has 6 heteroatoms. The lowest BCUT2D eigenvalue weighted by molar-refractivity contribution is -0.138. The van der Waals surface area contributed by atoms with Gasteiger partial charge in [-0.15, -0.1) is 0 Å². The Bertz CT molecular complexity index is 311. The summed E-state index contributed by atoms with van der Waals surface area (Å²) < 4.78 is 1.43. The molecule has 0 spiro atoms. The summed E-state index contributed by atoms with van der Waals surface area (Å²) in [6, 6.07) is -0.917. The molecule has 0 aromatic carbocycles. The first kappa shape index (κ1) is 10.5. The zero-order chi connectivity index (χ0) is 10.6. The first-order chi connectivity index (χ1) is 6.63. The van der Waals surface area contributed by atoms with Gasteiger partial charge in [0.1, 0.15) is 19.0 Å². The highest BCUT2D eigenvalue weighted by atomic mass is 16.7. The fourth-order valence-electron chi connectivity index (χ4n) is 0.982. The normalized spacial score (nSPS) is 12.4. The third kappa shape index (κ3) is 2.74. The molecule has 0 saturated carbocycles. The minimum absolute atomic E-state index is 0.204. The number of carboxylic acid groups (broad SMARTS) is 1. The molecule has 0 saturated heterocycles. The van der Waals surface area contributed by atoms with Gasteiger partial charge in [0.2, 0.25) is 0 Å². The minimum atomic E-state index is -1.03. The van der Waals surface area contributed by atoms with E-state index in [0.29, 0.717) is 12.3 Å². The number of hydrogen-bond donors (Lipinski definition) is 2. The molecule has 0 aliphatic rings. The van der Waals surface area contributed by atoms with Crippen LogP contribution in [0.2, 0.25) is 0 Å². The van der Waals surface area contributed by atoms with Gasteiger partial charge in [-0.3, -0.25) is 4.79 Å². The van der Waals surface area contributed by atoms with E-state index in [1.165, 1.54) is 11.1 Å². The van der Waals surface area contributed by atoms with Crippen molar-refractivity contribution in [2.75, 3.05) is 6.61 Å². The molecule has 0 amide bonds. The molecule has 1 atom stereocenters. The van der Waals surface area contributed by atoms with Gasteiger partial charge in [-0.25, -0.2) is 4.98 Å². The van der Waals surface area contributed by atoms with E-state index in [0.717, 1.165) is 0 Å². The lowest BCUT2D eigenvalue weighted by Gasteiger charge is -2.02. The van der Waals surface area contributed by atoms with Crippen LogP contribution in [0.1, 0.15) is 12.6 Å². The molecule has 0 aliphatic carbocycles. The molecule has 1 aromatic rings. The molecular formula is C8H13N3O3. The molecule has 0 fully saturated rings. The van der Waals surface area contributed by atoms with Gasteiger partial charge in [0.25, 0.3) is 0 Å². The molecule has 1 rings (SSSR count). The summed E-state index contributed by atoms with van der Waals surface area (Å²) in [5, 5.41) is 8.56. The van der Waals surface area contributed by atoms with Gasteiger partial charge >= 0.3 is 5.97 Å². The lowest BCUT2D eigenvalue weighted by atomic mass is 10.2. The van der Waals surface area contributed by atoms with Crippen molar-refractivity contribution in [1.82, 2.24) is 9.71 Å². The van der Waals surface area contributed by atoms with Crippen LogP contribution < -0.4 is 10.6 Å². The Hall–Kier alpha value is -1.56. The number of rotatable bonds is 5. The maximum Gasteiger partial charge on any atom is 0.320 e. The van der Waals surface area contributed by atoms with E-state index in [1.54, 1.807) is 6.20 Å². The van der Waals surface area contributed by atoms with Crippen molar-refractivity contribution in [3.63, 3.8) is 0 Å². The predicted molar refractivity (Wildman–Crippen MR) is 48.7 cm³/mol. The molecule has 6 nitrogen and oxygen atoms in total. The number of nitrogens with two attached hydrogens (primary N) is 1. The van der Waals surface area contributed by atoms with Crippen molar-refractivity contribution in [3.05, 3.63) is 18.2 Å². The van der Waals surface area contributed by atoms with Crippen molar-refractivity contribution in [2.24, 2.45) is 5.73 Å². The van der Waals surface area contributed by atoms with E-state index in [2.05, 4.69) is 4.98 Å². The van der Waals surface area contributed by atoms with Gasteiger partial charge in [0.05, 0.1) is 11.9 Å². The molecular weight excluding hydrogens is 186 g/mol. The highest BCUT2D eigenvalue weighted by Crippen LogP contribution is 1.98. The van der Waals surface area contributed by atoms with E-state index in [9.17, 15) is 4.79 Å². The number of carboxylic acids is 1. The van der Waals surface area contributed by atoms with Crippen LogP contribution in [0.25, 0.3) is 0 Å². The second-order valence-electron chi connectivity index (χ2n) is 2.79. The number of hydrogen-bond acceptors (Lipinski definition) is 4. The number of aliphatic carboxylic acids is 1. The Morgan fingerprint density at radius 3 is 3.14 bits per heavy atom. The van der Waals surface area contributed by atoms with E-state index < -0.39 is 12.0 Å². The zero-order valence-electron chi connectivity index (χ0n) is 7.88. The standard InChI is InChI=1S/C8H13N3O3/c1-2-14-11-4-6(10-5-11)3-7(9)8(12)13/h4-5,7H,2-3,9H2,1H3,(H,12,13)/t7-/m0/s1. The minimum Gasteiger partial charge on any atom is -0.480 e. The number of carbonyl (C=O) groups is 1. The van der Waals surface area contributed by atoms with Gasteiger partial charge in [-0.1, -0.05) is 0 Å². The second-order valence-corrected chi connectivity index (χ2v) is 2.79. The average Bonchev–Trinajstić information content (AvgIpc) is 2.53. The summed E-state index contributed by atoms with van der Waals surface area (Å²) in [5.41, 5.74) is 5.95. The number of nitrogens with zero attached hydrogens (tertiary/aromatic N) is 2. The van der Waals surface area contributed by atoms with Crippen LogP contribution >= 0.6 is 0 Å². The molecule has 0 aliphatic heterocycles. The molecule has 78 valence electrons. The highest BCUT2D eigenvalue weighted by molar-refractivity contribution is 5.73. The highest BCUT2D eigenvalue weighted by Gasteiger charge is 2.13. The van der Waals surface area contributed by atoms with Crippen molar-refractivity contribution in [2.45, 2.75) is 19.4 Å². The lowest BCUT2D eigenvalue weighted by Crippen LogP contribution is -2.32. The van der Waals surface area contributed by atoms with Crippen LogP contribution in [0, 0.1) is 0 Å². The van der Waals surface area contributed by atoms with Gasteiger partial charge in [-0.2, -0.15) is 4.73 Å². The van der Waals surface area contributed by atoms with Crippen LogP contribution in [0.15, 0.2) is 12.5 Å². The third-order valence-electron chi connectivity index (χ3n) is 1.64. The SMILES string of the molecule is CCOn1cnc(C[C@H](N)C(=O)O)c1. The van der Waals surface area contributed by atoms with E-state index >= 15 is 0 Å². The first-order valence-electron chi connectivity index (χ1n) is 4.28. The van der Waals surface area contributed by atoms with Crippen LogP contribution in [-0.4, -0.2) is 33.4 Å². The summed E-state index contributed by atoms with van der Waals surface area (Å²) in [6.45, 7) is 2.38. The maximum atomic E-state index is 10.4. The van der Waals surface area contributed by atoms with Crippen molar-refractivity contribution >= 4 is 5.97 Å². The van der Waals surface area contributed by atoms with Crippen molar-refractivity contribution in [1.29, 1.82) is 0 Å². The molecule has 3 N–H and O–H groups in total. The fourth-order valence-corrected chi connectivity index (χ4v) is 0.982. The second kappa shape index (κ2) is 4.61. The average molecular weight is 199 g/mol. The summed E-state index contributed by atoms with van der Waals surface area (Å²) in [5.74, 6) is -1.03. The molecule has 14 heavy (non-hydrogen) atoms. The first-order valence-corrected chi connectivity index (χ1v) is 4.28. The van der Waals surface area contributed by atoms with Gasteiger partial charge in [-0.05, 0) is 6.92 Å². The smallest absolute Gasteiger partial charge is 0.320 e. The molecule has 1 aromatic heterocycles. The maximum absolute atomic E-state index is 10.4. The molecule has 0 unspecified atom stereocenters. The number of imidazole rings is 1. The van der Waals surface area contributed by atoms with Crippen LogP contribution in [0.5, 0.6) is 0 Å². The van der Waals surface area contributed by atoms with Gasteiger partial charge in [0, 0.05) is 6.42 Å². The summed E-state index contributed by atoms with van der Waals surface area (Å²) >= 11 is 0. The third-order valence-corrected chi connectivity index (χ3v) is 1.64. The summed E-state index contributed by atoms with van der Waals surface area (Å²) in [7, 11) is 0. The fraction of sp³-hybridized carbons (Fsp3) is 0.500. The summed E-state index contributed by atoms with van der Waals surface area (Å²) in [6.07, 6.45) is 3.30. The number of aromatic nitrogens is 2. The van der Waals surface area contributed by atoms with E-state index in [1.807, 2.05) is 6.92 Å². The topological polar surface area (TPSA) is 90.4 Å². The summed E-state index contributed by atoms with van der Waals surface area (Å²) in [4.78, 5) is 19.5. The Morgan fingerprint density at radius 1 is 1.86 bits per heavy atom. The molecule has 0 bridgehead atoms. The van der Waals surface area contributed by atoms with Crippen molar-refractivity contribution < 1.29 is 14.7 Å². The van der Waals surface area contributed by atoms with E-state index in [-0.39, 0.29) is 6.42 Å². The Balaban J connectivity index is 2.55. The quantitative estimate of drug-likeness (QED) is 0.653. The Kier molecular flexibility index (Phi) is 3.47. The predicted octanol–water partition coefficient (Wildman–Crippen LogP) is -0.714. The Labute approximate surface area is 81.3 Å². The molecule has 1 heterocycles. The molecule has 0 radical (unpaired) electrons. The Morgan fingerprint density at radius 2 is 2.57 bits per heavy atom. The van der Waals surface area contributed by atoms with Gasteiger partial charge in [0.15, 0.2) is 0 Å². The van der Waals surface area contributed by atoms with E-state index in [4.69, 9.17) is 15.7 Å². The van der Waals surface area contributed by atoms with Crippen LogP contribution in [-0.2, 0) is 11.2 Å². The van der Waals surface area contributed by atoms with Gasteiger partial charge < -0.3 is 15.7 Å². The largest absolute Gasteiger partial charge is 0.480 e. The van der Waals surface area contributed by atoms with Crippen LogP contribution in [0.4, 0.5) is 0 Å². The van der Waals surface area contributed by atoms with Crippen molar-refractivity contribution in [3.8, 4) is 0 Å². The zero-order valence-corrected chi connectivity index (χ0v) is 7.88. The monoisotopic (exact) mass is 199 g/mol. The van der Waals surface area contributed by atoms with Crippen LogP contribution in [0.3, 0.4) is 0 Å².